The Kier molecular flexibility index (Phi) is 22.3. The molecule has 4 aromatic rings. The van der Waals surface area contributed by atoms with Gasteiger partial charge in [0.2, 0.25) is 0 Å². The van der Waals surface area contributed by atoms with Crippen LogP contribution in [0.1, 0.15) is 175 Å². The maximum Gasteiger partial charge on any atom is 0.410 e. The van der Waals surface area contributed by atoms with Crippen LogP contribution in [-0.4, -0.2) is 137 Å². The van der Waals surface area contributed by atoms with Crippen molar-refractivity contribution in [2.24, 2.45) is 0 Å². The number of carbonyl (C=O) groups excluding carboxylic acids is 5. The minimum absolute atomic E-state index is 0.272. The second-order valence-electron chi connectivity index (χ2n) is 26.3. The Bertz CT molecular complexity index is 3110. The van der Waals surface area contributed by atoms with Crippen molar-refractivity contribution < 1.29 is 57.6 Å². The summed E-state index contributed by atoms with van der Waals surface area (Å²) in [7, 11) is 12.5. The molecule has 0 radical (unpaired) electrons. The SMILES string of the molecule is COC(=O)C[C@H](C(=O)N1CCc2c1ccc(OCc1ccc(C3CCCCC3)c(N(C)C)c1)c2C)N(C)C(=O)OC(C)(C)C.Cc1c(OCc2ccc(C3CCCCC3)c(N(C)C)c2)ccc2c1CCN2C(=O)[C@@H](CC(=O)O)N(C)C(=O)OC(C)(C)C. The summed E-state index contributed by atoms with van der Waals surface area (Å²) in [6, 6.07) is 18.6. The van der Waals surface area contributed by atoms with E-state index in [9.17, 15) is 33.9 Å². The van der Waals surface area contributed by atoms with Crippen molar-refractivity contribution in [3.05, 3.63) is 105 Å². The molecule has 4 amide bonds. The van der Waals surface area contributed by atoms with Crippen LogP contribution in [0.2, 0.25) is 0 Å². The Morgan fingerprint density at radius 2 is 0.931 bits per heavy atom. The van der Waals surface area contributed by atoms with Crippen molar-refractivity contribution in [1.82, 2.24) is 9.80 Å². The lowest BCUT2D eigenvalue weighted by molar-refractivity contribution is -0.144. The lowest BCUT2D eigenvalue weighted by Crippen LogP contribution is -2.51. The molecule has 2 atom stereocenters. The quantitative estimate of drug-likeness (QED) is 0.0732. The Balaban J connectivity index is 0.000000249. The van der Waals surface area contributed by atoms with Gasteiger partial charge in [-0.2, -0.15) is 0 Å². The van der Waals surface area contributed by atoms with Gasteiger partial charge < -0.3 is 48.4 Å². The maximum atomic E-state index is 13.8. The number of carbonyl (C=O) groups is 6. The zero-order chi connectivity index (χ0) is 63.7. The van der Waals surface area contributed by atoms with Gasteiger partial charge in [0.25, 0.3) is 11.8 Å². The summed E-state index contributed by atoms with van der Waals surface area (Å²) in [6.07, 6.45) is 11.9. The van der Waals surface area contributed by atoms with Crippen LogP contribution in [0.25, 0.3) is 0 Å². The van der Waals surface area contributed by atoms with Crippen molar-refractivity contribution >= 4 is 58.7 Å². The number of esters is 1. The first-order valence-corrected chi connectivity index (χ1v) is 31.0. The number of fused-ring (bicyclic) bond motifs is 2. The predicted octanol–water partition coefficient (Wildman–Crippen LogP) is 12.7. The van der Waals surface area contributed by atoms with Crippen LogP contribution in [0.15, 0.2) is 60.7 Å². The molecule has 0 aromatic heterocycles. The van der Waals surface area contributed by atoms with Crippen molar-refractivity contribution in [1.29, 1.82) is 0 Å². The minimum atomic E-state index is -1.20. The Labute approximate surface area is 516 Å². The first-order chi connectivity index (χ1) is 41.1. The number of anilines is 4. The molecule has 1 N–H and O–H groups in total. The molecular formula is C69H96N6O12. The van der Waals surface area contributed by atoms with E-state index in [1.807, 2.05) is 38.1 Å². The summed E-state index contributed by atoms with van der Waals surface area (Å²) in [6.45, 7) is 16.1. The summed E-state index contributed by atoms with van der Waals surface area (Å²) in [5, 5.41) is 9.53. The molecule has 2 saturated carbocycles. The number of likely N-dealkylation sites (N-methyl/N-ethyl adjacent to an activating group) is 2. The van der Waals surface area contributed by atoms with Gasteiger partial charge in [-0.05, 0) is 187 Å². The molecule has 0 spiro atoms. The fraction of sp³-hybridized carbons (Fsp3) is 0.565. The number of methoxy groups -OCH3 is 1. The topological polar surface area (TPSA) is 188 Å². The van der Waals surface area contributed by atoms with Gasteiger partial charge >= 0.3 is 24.1 Å². The standard InChI is InChI=1S/C35H49N3O6.C34H47N3O6/c1-23-26-18-19-38(33(40)30(21-32(39)42-8)37(7)34(41)44-35(2,3)4)28(26)16-17-31(23)43-22-24-14-15-27(29(20-24)36(5)6)25-12-10-9-11-13-25;1-22-25-17-18-37(32(40)29(20-31(38)39)36(7)33(41)43-34(2,3)4)27(25)15-16-30(22)42-21-23-13-14-26(28(19-23)35(5)6)24-11-9-8-10-12-24/h14-17,20,25,30H,9-13,18-19,21-22H2,1-8H3;13-16,19,24,29H,8-12,17-18,20-21H2,1-7H3,(H,38,39)/t30-;29-/m11/s1. The van der Waals surface area contributed by atoms with E-state index in [1.165, 1.54) is 113 Å². The second-order valence-corrected chi connectivity index (χ2v) is 26.3. The van der Waals surface area contributed by atoms with Crippen molar-refractivity contribution in [3.8, 4) is 11.5 Å². The summed E-state index contributed by atoms with van der Waals surface area (Å²) in [5.74, 6) is 0.212. The predicted molar refractivity (Wildman–Crippen MR) is 341 cm³/mol. The Hall–Kier alpha value is -7.50. The molecule has 18 heteroatoms. The molecule has 4 aliphatic rings. The lowest BCUT2D eigenvalue weighted by atomic mass is 9.83. The third-order valence-electron chi connectivity index (χ3n) is 17.2. The normalized spacial score (nSPS) is 15.9. The first kappa shape index (κ1) is 67.0. The third-order valence-corrected chi connectivity index (χ3v) is 17.2. The molecule has 474 valence electrons. The molecular weight excluding hydrogens is 1100 g/mol. The molecule has 2 heterocycles. The van der Waals surface area contributed by atoms with E-state index in [2.05, 4.69) is 74.4 Å². The average Bonchev–Trinajstić information content (AvgIpc) is 1.80. The molecule has 4 aromatic carbocycles. The van der Waals surface area contributed by atoms with Crippen molar-refractivity contribution in [2.45, 2.75) is 194 Å². The molecule has 8 rings (SSSR count). The average molecular weight is 1200 g/mol. The van der Waals surface area contributed by atoms with Crippen molar-refractivity contribution in [2.75, 3.05) is 82.1 Å². The number of rotatable bonds is 18. The molecule has 0 saturated heterocycles. The van der Waals surface area contributed by atoms with Gasteiger partial charge in [0.15, 0.2) is 0 Å². The number of carboxylic acid groups (broad SMARTS) is 1. The van der Waals surface area contributed by atoms with Gasteiger partial charge in [0.1, 0.15) is 48.0 Å². The van der Waals surface area contributed by atoms with Gasteiger partial charge in [-0.15, -0.1) is 0 Å². The number of nitrogens with zero attached hydrogens (tertiary/aromatic N) is 6. The highest BCUT2D eigenvalue weighted by Crippen LogP contribution is 2.42. The van der Waals surface area contributed by atoms with Crippen LogP contribution in [-0.2, 0) is 59.4 Å². The van der Waals surface area contributed by atoms with E-state index < -0.39 is 59.7 Å². The number of carboxylic acids is 1. The Morgan fingerprint density at radius 3 is 1.28 bits per heavy atom. The fourth-order valence-electron chi connectivity index (χ4n) is 12.5. The van der Waals surface area contributed by atoms with Gasteiger partial charge in [-0.25, -0.2) is 9.59 Å². The van der Waals surface area contributed by atoms with Gasteiger partial charge in [0.05, 0.1) is 20.0 Å². The maximum absolute atomic E-state index is 13.8. The van der Waals surface area contributed by atoms with E-state index in [4.69, 9.17) is 23.7 Å². The van der Waals surface area contributed by atoms with E-state index in [0.717, 1.165) is 61.2 Å². The number of benzene rings is 4. The molecule has 0 bridgehead atoms. The minimum Gasteiger partial charge on any atom is -0.489 e. The van der Waals surface area contributed by atoms with Crippen LogP contribution in [0.4, 0.5) is 32.3 Å². The van der Waals surface area contributed by atoms with E-state index in [0.29, 0.717) is 51.0 Å². The van der Waals surface area contributed by atoms with Crippen LogP contribution >= 0.6 is 0 Å². The van der Waals surface area contributed by atoms with Crippen LogP contribution < -0.4 is 29.1 Å². The van der Waals surface area contributed by atoms with E-state index in [-0.39, 0.29) is 12.3 Å². The summed E-state index contributed by atoms with van der Waals surface area (Å²) < 4.78 is 28.4. The van der Waals surface area contributed by atoms with Gasteiger partial charge in [0, 0.05) is 78.1 Å². The number of amides is 4. The number of hydrogen-bond acceptors (Lipinski definition) is 13. The lowest BCUT2D eigenvalue weighted by Gasteiger charge is -2.32. The summed E-state index contributed by atoms with van der Waals surface area (Å²) in [5.41, 5.74) is 11.5. The molecule has 2 aliphatic carbocycles. The highest BCUT2D eigenvalue weighted by Gasteiger charge is 2.40. The smallest absolute Gasteiger partial charge is 0.410 e. The van der Waals surface area contributed by atoms with Gasteiger partial charge in [-0.3, -0.25) is 29.0 Å². The highest BCUT2D eigenvalue weighted by atomic mass is 16.6. The zero-order valence-corrected chi connectivity index (χ0v) is 54.4. The van der Waals surface area contributed by atoms with E-state index in [1.54, 1.807) is 51.3 Å². The molecule has 2 fully saturated rings. The summed E-state index contributed by atoms with van der Waals surface area (Å²) >= 11 is 0. The van der Waals surface area contributed by atoms with Gasteiger partial charge in [-0.1, -0.05) is 62.8 Å². The monoisotopic (exact) mass is 1200 g/mol. The third kappa shape index (κ3) is 17.0. The fourth-order valence-corrected chi connectivity index (χ4v) is 12.5. The van der Waals surface area contributed by atoms with Crippen LogP contribution in [0.5, 0.6) is 11.5 Å². The molecule has 87 heavy (non-hydrogen) atoms. The summed E-state index contributed by atoms with van der Waals surface area (Å²) in [4.78, 5) is 86.9. The van der Waals surface area contributed by atoms with Crippen molar-refractivity contribution in [3.63, 3.8) is 0 Å². The first-order valence-electron chi connectivity index (χ1n) is 31.0. The molecule has 0 unspecified atom stereocenters. The molecule has 2 aliphatic heterocycles. The number of aliphatic carboxylic acids is 1. The second kappa shape index (κ2) is 29.0. The largest absolute Gasteiger partial charge is 0.489 e. The highest BCUT2D eigenvalue weighted by molar-refractivity contribution is 6.03. The zero-order valence-electron chi connectivity index (χ0n) is 54.4. The number of hydrogen-bond donors (Lipinski definition) is 1. The van der Waals surface area contributed by atoms with E-state index >= 15 is 0 Å². The van der Waals surface area contributed by atoms with Crippen LogP contribution in [0, 0.1) is 13.8 Å². The Morgan fingerprint density at radius 1 is 0.552 bits per heavy atom. The molecule has 18 nitrogen and oxygen atoms in total. The van der Waals surface area contributed by atoms with Crippen LogP contribution in [0.3, 0.4) is 0 Å². The number of ether oxygens (including phenoxy) is 5.